The number of carbonyl (C=O) groups is 1. The van der Waals surface area contributed by atoms with Gasteiger partial charge in [-0.1, -0.05) is 23.4 Å². The third-order valence-corrected chi connectivity index (χ3v) is 4.90. The van der Waals surface area contributed by atoms with Crippen LogP contribution in [0.2, 0.25) is 0 Å². The van der Waals surface area contributed by atoms with E-state index in [0.29, 0.717) is 40.1 Å². The maximum atomic E-state index is 11.8. The molecule has 0 unspecified atom stereocenters. The van der Waals surface area contributed by atoms with Crippen LogP contribution in [0.25, 0.3) is 27.9 Å². The summed E-state index contributed by atoms with van der Waals surface area (Å²) in [6.45, 7) is 0.374. The van der Waals surface area contributed by atoms with Gasteiger partial charge in [-0.05, 0) is 18.2 Å². The van der Waals surface area contributed by atoms with Gasteiger partial charge in [-0.25, -0.2) is 4.79 Å². The van der Waals surface area contributed by atoms with Gasteiger partial charge in [-0.3, -0.25) is 4.98 Å². The Kier molecular flexibility index (Phi) is 5.37. The Bertz CT molecular complexity index is 1460. The van der Waals surface area contributed by atoms with Crippen molar-refractivity contribution in [3.8, 4) is 17.4 Å². The number of aromatic nitrogens is 6. The fourth-order valence-electron chi connectivity index (χ4n) is 3.39. The number of fused-ring (bicyclic) bond motifs is 3. The highest BCUT2D eigenvalue weighted by molar-refractivity contribution is 5.97. The van der Waals surface area contributed by atoms with Crippen LogP contribution in [0.4, 0.5) is 0 Å². The van der Waals surface area contributed by atoms with E-state index in [9.17, 15) is 4.79 Å². The fourth-order valence-corrected chi connectivity index (χ4v) is 3.39. The summed E-state index contributed by atoms with van der Waals surface area (Å²) >= 11 is 0. The van der Waals surface area contributed by atoms with Gasteiger partial charge in [0.1, 0.15) is 13.2 Å². The molecule has 0 N–H and O–H groups in total. The molecule has 0 amide bonds. The smallest absolute Gasteiger partial charge is 0.337 e. The number of rotatable bonds is 7. The molecule has 0 spiro atoms. The monoisotopic (exact) mass is 446 g/mol. The molecule has 0 atom stereocenters. The maximum Gasteiger partial charge on any atom is 0.337 e. The lowest BCUT2D eigenvalue weighted by atomic mass is 10.2. The molecule has 0 saturated heterocycles. The first-order chi connectivity index (χ1) is 16.2. The number of carbonyl (C=O) groups excluding carboxylic acids is 1. The van der Waals surface area contributed by atoms with Gasteiger partial charge in [0.25, 0.3) is 0 Å². The predicted octanol–water partition coefficient (Wildman–Crippen LogP) is 2.84. The summed E-state index contributed by atoms with van der Waals surface area (Å²) in [5.74, 6) is 0.860. The number of nitrogens with zero attached hydrogens (tertiary/aromatic N) is 6. The first-order valence-electron chi connectivity index (χ1n) is 9.93. The van der Waals surface area contributed by atoms with Crippen molar-refractivity contribution in [2.75, 3.05) is 14.2 Å². The molecule has 0 saturated carbocycles. The second-order valence-electron chi connectivity index (χ2n) is 7.04. The number of benzene rings is 1. The van der Waals surface area contributed by atoms with Crippen molar-refractivity contribution >= 4 is 22.4 Å². The van der Waals surface area contributed by atoms with Gasteiger partial charge in [-0.2, -0.15) is 4.52 Å². The Balaban J connectivity index is 1.54. The second kappa shape index (κ2) is 8.63. The summed E-state index contributed by atoms with van der Waals surface area (Å²) in [6, 6.07) is 12.5. The maximum absolute atomic E-state index is 11.8. The van der Waals surface area contributed by atoms with Crippen molar-refractivity contribution < 1.29 is 23.5 Å². The molecule has 4 aromatic heterocycles. The average Bonchev–Trinajstić information content (AvgIpc) is 3.49. The van der Waals surface area contributed by atoms with Crippen LogP contribution < -0.4 is 4.74 Å². The SMILES string of the molecule is COCc1cc(-c2nnc3c4ccccc4c(OCc4cc(C(=O)OC)ccn4)nn23)no1. The van der Waals surface area contributed by atoms with E-state index < -0.39 is 5.97 Å². The first-order valence-corrected chi connectivity index (χ1v) is 9.93. The standard InChI is InChI=1S/C22H18N6O5/c1-30-12-15-10-18(27-33-15)20-25-24-19-16-5-3-4-6-17(16)21(26-28(19)20)32-11-14-9-13(7-8-23-14)22(29)31-2/h3-10H,11-12H2,1-2H3. The molecule has 5 aromatic rings. The van der Waals surface area contributed by atoms with Crippen molar-refractivity contribution in [3.05, 3.63) is 65.7 Å². The molecule has 166 valence electrons. The molecule has 0 radical (unpaired) electrons. The van der Waals surface area contributed by atoms with Crippen molar-refractivity contribution in [3.63, 3.8) is 0 Å². The van der Waals surface area contributed by atoms with Crippen LogP contribution in [0.3, 0.4) is 0 Å². The van der Waals surface area contributed by atoms with Gasteiger partial charge < -0.3 is 18.7 Å². The second-order valence-corrected chi connectivity index (χ2v) is 7.04. The van der Waals surface area contributed by atoms with Gasteiger partial charge in [0.15, 0.2) is 17.1 Å². The number of esters is 1. The van der Waals surface area contributed by atoms with Crippen molar-refractivity contribution in [2.24, 2.45) is 0 Å². The average molecular weight is 446 g/mol. The third kappa shape index (κ3) is 3.85. The zero-order valence-electron chi connectivity index (χ0n) is 17.8. The van der Waals surface area contributed by atoms with Crippen LogP contribution in [-0.2, 0) is 22.7 Å². The molecule has 4 heterocycles. The highest BCUT2D eigenvalue weighted by atomic mass is 16.5. The fraction of sp³-hybridized carbons (Fsp3) is 0.182. The first kappa shape index (κ1) is 20.5. The molecule has 33 heavy (non-hydrogen) atoms. The molecule has 1 aromatic carbocycles. The van der Waals surface area contributed by atoms with Crippen LogP contribution in [-0.4, -0.2) is 50.1 Å². The van der Waals surface area contributed by atoms with E-state index in [-0.39, 0.29) is 13.2 Å². The molecule has 0 aliphatic rings. The van der Waals surface area contributed by atoms with Gasteiger partial charge in [0.2, 0.25) is 11.7 Å². The van der Waals surface area contributed by atoms with E-state index in [0.717, 1.165) is 10.8 Å². The molecule has 11 heteroatoms. The van der Waals surface area contributed by atoms with Gasteiger partial charge in [0, 0.05) is 30.1 Å². The van der Waals surface area contributed by atoms with Crippen LogP contribution in [0, 0.1) is 0 Å². The van der Waals surface area contributed by atoms with E-state index >= 15 is 0 Å². The van der Waals surface area contributed by atoms with Crippen LogP contribution in [0.15, 0.2) is 53.2 Å². The van der Waals surface area contributed by atoms with Crippen LogP contribution >= 0.6 is 0 Å². The quantitative estimate of drug-likeness (QED) is 0.344. The zero-order valence-corrected chi connectivity index (χ0v) is 17.8. The molecular weight excluding hydrogens is 428 g/mol. The predicted molar refractivity (Wildman–Crippen MR) is 114 cm³/mol. The van der Waals surface area contributed by atoms with E-state index in [1.54, 1.807) is 29.8 Å². The molecule has 5 rings (SSSR count). The molecule has 0 fully saturated rings. The normalized spacial score (nSPS) is 11.2. The van der Waals surface area contributed by atoms with Crippen LogP contribution in [0.1, 0.15) is 21.8 Å². The number of pyridine rings is 1. The summed E-state index contributed by atoms with van der Waals surface area (Å²) in [7, 11) is 2.90. The third-order valence-electron chi connectivity index (χ3n) is 4.90. The summed E-state index contributed by atoms with van der Waals surface area (Å²) in [5.41, 5.74) is 1.96. The molecule has 0 aliphatic heterocycles. The minimum Gasteiger partial charge on any atom is -0.470 e. The minimum atomic E-state index is -0.446. The highest BCUT2D eigenvalue weighted by Gasteiger charge is 2.19. The largest absolute Gasteiger partial charge is 0.470 e. The molecule has 11 nitrogen and oxygen atoms in total. The summed E-state index contributed by atoms with van der Waals surface area (Å²) in [5, 5.41) is 18.8. The molecular formula is C22H18N6O5. The molecule has 0 aliphatic carbocycles. The summed E-state index contributed by atoms with van der Waals surface area (Å²) in [6.07, 6.45) is 1.53. The highest BCUT2D eigenvalue weighted by Crippen LogP contribution is 2.29. The Morgan fingerprint density at radius 2 is 1.91 bits per heavy atom. The number of hydrogen-bond donors (Lipinski definition) is 0. The molecule has 0 bridgehead atoms. The van der Waals surface area contributed by atoms with Gasteiger partial charge in [0.05, 0.1) is 18.4 Å². The van der Waals surface area contributed by atoms with E-state index in [1.807, 2.05) is 24.3 Å². The van der Waals surface area contributed by atoms with Crippen molar-refractivity contribution in [2.45, 2.75) is 13.2 Å². The lowest BCUT2D eigenvalue weighted by Crippen LogP contribution is -2.07. The zero-order chi connectivity index (χ0) is 22.8. The van der Waals surface area contributed by atoms with Crippen LogP contribution in [0.5, 0.6) is 5.88 Å². The number of methoxy groups -OCH3 is 2. The minimum absolute atomic E-state index is 0.0900. The summed E-state index contributed by atoms with van der Waals surface area (Å²) < 4.78 is 22.7. The van der Waals surface area contributed by atoms with Crippen molar-refractivity contribution in [1.82, 2.24) is 30.0 Å². The lowest BCUT2D eigenvalue weighted by Gasteiger charge is -2.10. The van der Waals surface area contributed by atoms with E-state index in [2.05, 4.69) is 25.4 Å². The Labute approximate surface area is 186 Å². The number of hydrogen-bond acceptors (Lipinski definition) is 10. The Morgan fingerprint density at radius 3 is 2.73 bits per heavy atom. The Morgan fingerprint density at radius 1 is 1.06 bits per heavy atom. The van der Waals surface area contributed by atoms with E-state index in [1.165, 1.54) is 13.3 Å². The van der Waals surface area contributed by atoms with Gasteiger partial charge in [-0.15, -0.1) is 15.3 Å². The Hall–Kier alpha value is -4.38. The number of ether oxygens (including phenoxy) is 3. The topological polar surface area (TPSA) is 127 Å². The van der Waals surface area contributed by atoms with Crippen molar-refractivity contribution in [1.29, 1.82) is 0 Å². The lowest BCUT2D eigenvalue weighted by molar-refractivity contribution is 0.0600. The summed E-state index contributed by atoms with van der Waals surface area (Å²) in [4.78, 5) is 16.1. The van der Waals surface area contributed by atoms with E-state index in [4.69, 9.17) is 18.7 Å². The van der Waals surface area contributed by atoms with Gasteiger partial charge >= 0.3 is 5.97 Å².